The van der Waals surface area contributed by atoms with Crippen molar-refractivity contribution in [3.8, 4) is 22.9 Å². The zero-order valence-corrected chi connectivity index (χ0v) is 11.5. The van der Waals surface area contributed by atoms with E-state index in [1.54, 1.807) is 18.5 Å². The molecule has 0 aliphatic carbocycles. The fourth-order valence-electron chi connectivity index (χ4n) is 2.15. The van der Waals surface area contributed by atoms with Crippen LogP contribution in [0.2, 0.25) is 0 Å². The van der Waals surface area contributed by atoms with Gasteiger partial charge in [0.2, 0.25) is 0 Å². The third-order valence-electron chi connectivity index (χ3n) is 3.20. The van der Waals surface area contributed by atoms with Gasteiger partial charge in [0.25, 0.3) is 0 Å². The lowest BCUT2D eigenvalue weighted by atomic mass is 9.99. The minimum atomic E-state index is -0.145. The summed E-state index contributed by atoms with van der Waals surface area (Å²) >= 11 is 0. The number of aromatic hydroxyl groups is 2. The molecule has 0 spiro atoms. The van der Waals surface area contributed by atoms with E-state index < -0.39 is 0 Å². The third kappa shape index (κ3) is 2.10. The Morgan fingerprint density at radius 1 is 0.952 bits per heavy atom. The number of nitrogens with zero attached hydrogens (tertiary/aromatic N) is 6. The number of benzene rings is 1. The Labute approximate surface area is 120 Å². The molecule has 3 rings (SSSR count). The van der Waals surface area contributed by atoms with Gasteiger partial charge in [-0.1, -0.05) is 24.3 Å². The highest BCUT2D eigenvalue weighted by atomic mass is 16.3. The molecule has 0 saturated heterocycles. The summed E-state index contributed by atoms with van der Waals surface area (Å²) < 4.78 is 2.75. The Kier molecular flexibility index (Phi) is 3.05. The Hall–Kier alpha value is -2.90. The summed E-state index contributed by atoms with van der Waals surface area (Å²) in [6.45, 7) is 3.89. The molecule has 8 nitrogen and oxygen atoms in total. The zero-order chi connectivity index (χ0) is 15.0. The highest BCUT2D eigenvalue weighted by Crippen LogP contribution is 2.41. The van der Waals surface area contributed by atoms with Gasteiger partial charge < -0.3 is 10.2 Å². The fraction of sp³-hybridized carbons (Fsp3) is 0.231. The molecule has 0 unspecified atom stereocenters. The van der Waals surface area contributed by atoms with Gasteiger partial charge in [-0.2, -0.15) is 0 Å². The van der Waals surface area contributed by atoms with E-state index in [-0.39, 0.29) is 23.1 Å². The first-order valence-electron chi connectivity index (χ1n) is 6.41. The first-order chi connectivity index (χ1) is 10.1. The van der Waals surface area contributed by atoms with E-state index in [1.807, 2.05) is 13.8 Å². The van der Waals surface area contributed by atoms with E-state index in [2.05, 4.69) is 20.6 Å². The van der Waals surface area contributed by atoms with Crippen LogP contribution in [0.25, 0.3) is 11.4 Å². The fourth-order valence-corrected chi connectivity index (χ4v) is 2.15. The lowest BCUT2D eigenvalue weighted by molar-refractivity contribution is 0.432. The van der Waals surface area contributed by atoms with Crippen molar-refractivity contribution in [1.29, 1.82) is 0 Å². The van der Waals surface area contributed by atoms with Crippen molar-refractivity contribution in [2.75, 3.05) is 0 Å². The number of rotatable bonds is 3. The second kappa shape index (κ2) is 4.89. The maximum atomic E-state index is 10.5. The van der Waals surface area contributed by atoms with Gasteiger partial charge in [-0.25, -0.2) is 9.36 Å². The van der Waals surface area contributed by atoms with Crippen LogP contribution in [0.15, 0.2) is 30.9 Å². The van der Waals surface area contributed by atoms with Crippen molar-refractivity contribution in [3.05, 3.63) is 36.4 Å². The molecule has 0 amide bonds. The average molecular weight is 286 g/mol. The Bertz CT molecular complexity index is 750. The van der Waals surface area contributed by atoms with E-state index in [4.69, 9.17) is 0 Å². The molecule has 0 aliphatic heterocycles. The van der Waals surface area contributed by atoms with Crippen LogP contribution in [0.1, 0.15) is 25.3 Å². The largest absolute Gasteiger partial charge is 0.505 e. The van der Waals surface area contributed by atoms with Crippen LogP contribution in [0.3, 0.4) is 0 Å². The molecule has 3 aromatic rings. The molecule has 2 aromatic heterocycles. The highest BCUT2D eigenvalue weighted by Gasteiger charge is 2.22. The molecule has 21 heavy (non-hydrogen) atoms. The Morgan fingerprint density at radius 2 is 1.57 bits per heavy atom. The third-order valence-corrected chi connectivity index (χ3v) is 3.20. The predicted molar refractivity (Wildman–Crippen MR) is 73.7 cm³/mol. The summed E-state index contributed by atoms with van der Waals surface area (Å²) in [6.07, 6.45) is 6.14. The van der Waals surface area contributed by atoms with Crippen molar-refractivity contribution < 1.29 is 10.2 Å². The van der Waals surface area contributed by atoms with Crippen molar-refractivity contribution in [2.24, 2.45) is 0 Å². The molecule has 2 heterocycles. The number of phenolic OH excluding ortho intramolecular Hbond substituents is 2. The van der Waals surface area contributed by atoms with Crippen molar-refractivity contribution in [1.82, 2.24) is 30.0 Å². The summed E-state index contributed by atoms with van der Waals surface area (Å²) in [4.78, 5) is 0. The normalized spacial score (nSPS) is 11.2. The molecule has 0 saturated carbocycles. The summed E-state index contributed by atoms with van der Waals surface area (Å²) in [6, 6.07) is 1.68. The zero-order valence-electron chi connectivity index (χ0n) is 11.5. The number of phenols is 2. The van der Waals surface area contributed by atoms with E-state index in [1.165, 1.54) is 21.8 Å². The maximum absolute atomic E-state index is 10.5. The minimum absolute atomic E-state index is 0.0307. The molecular weight excluding hydrogens is 272 g/mol. The van der Waals surface area contributed by atoms with Crippen LogP contribution < -0.4 is 0 Å². The predicted octanol–water partition coefficient (Wildman–Crippen LogP) is 1.38. The molecule has 0 radical (unpaired) electrons. The molecule has 0 bridgehead atoms. The smallest absolute Gasteiger partial charge is 0.171 e. The average Bonchev–Trinajstić information content (AvgIpc) is 3.11. The van der Waals surface area contributed by atoms with Crippen LogP contribution in [-0.4, -0.2) is 40.2 Å². The van der Waals surface area contributed by atoms with Gasteiger partial charge in [0.1, 0.15) is 11.4 Å². The molecule has 108 valence electrons. The van der Waals surface area contributed by atoms with Gasteiger partial charge in [0, 0.05) is 5.56 Å². The van der Waals surface area contributed by atoms with Crippen LogP contribution in [0.5, 0.6) is 11.5 Å². The molecular formula is C13H14N6O2. The van der Waals surface area contributed by atoms with E-state index in [0.717, 1.165) is 0 Å². The van der Waals surface area contributed by atoms with Crippen LogP contribution >= 0.6 is 0 Å². The van der Waals surface area contributed by atoms with Gasteiger partial charge in [-0.05, 0) is 12.0 Å². The van der Waals surface area contributed by atoms with E-state index in [9.17, 15) is 10.2 Å². The van der Waals surface area contributed by atoms with Gasteiger partial charge in [-0.15, -0.1) is 10.2 Å². The Morgan fingerprint density at radius 3 is 2.10 bits per heavy atom. The van der Waals surface area contributed by atoms with Gasteiger partial charge >= 0.3 is 0 Å². The quantitative estimate of drug-likeness (QED) is 0.754. The van der Waals surface area contributed by atoms with Crippen molar-refractivity contribution >= 4 is 0 Å². The topological polar surface area (TPSA) is 102 Å². The first kappa shape index (κ1) is 13.1. The SMILES string of the molecule is CC(C)c1cc(-n2ccnn2)c(O)c(-n2ccnn2)c1O. The number of hydrogen-bond donors (Lipinski definition) is 2. The van der Waals surface area contributed by atoms with Crippen LogP contribution in [0, 0.1) is 0 Å². The number of aromatic nitrogens is 6. The van der Waals surface area contributed by atoms with Gasteiger partial charge in [0.05, 0.1) is 24.8 Å². The molecule has 8 heteroatoms. The monoisotopic (exact) mass is 286 g/mol. The maximum Gasteiger partial charge on any atom is 0.171 e. The number of hydrogen-bond acceptors (Lipinski definition) is 6. The van der Waals surface area contributed by atoms with Crippen LogP contribution in [0.4, 0.5) is 0 Å². The Balaban J connectivity index is 2.33. The van der Waals surface area contributed by atoms with E-state index >= 15 is 0 Å². The van der Waals surface area contributed by atoms with Gasteiger partial charge in [-0.3, -0.25) is 0 Å². The lowest BCUT2D eigenvalue weighted by Gasteiger charge is -2.17. The second-order valence-electron chi connectivity index (χ2n) is 4.88. The first-order valence-corrected chi connectivity index (χ1v) is 6.41. The lowest BCUT2D eigenvalue weighted by Crippen LogP contribution is -2.05. The molecule has 0 fully saturated rings. The van der Waals surface area contributed by atoms with Crippen molar-refractivity contribution in [2.45, 2.75) is 19.8 Å². The molecule has 0 aliphatic rings. The summed E-state index contributed by atoms with van der Waals surface area (Å²) in [5, 5.41) is 36.1. The minimum Gasteiger partial charge on any atom is -0.505 e. The second-order valence-corrected chi connectivity index (χ2v) is 4.88. The molecule has 1 aromatic carbocycles. The highest BCUT2D eigenvalue weighted by molar-refractivity contribution is 5.68. The molecule has 2 N–H and O–H groups in total. The van der Waals surface area contributed by atoms with E-state index in [0.29, 0.717) is 11.3 Å². The molecule has 0 atom stereocenters. The van der Waals surface area contributed by atoms with Crippen molar-refractivity contribution in [3.63, 3.8) is 0 Å². The standard InChI is InChI=1S/C13H14N6O2/c1-8(2)9-7-10(18-5-3-14-16-18)13(21)11(12(9)20)19-6-4-15-17-19/h3-8,20-21H,1-2H3. The summed E-state index contributed by atoms with van der Waals surface area (Å²) in [7, 11) is 0. The van der Waals surface area contributed by atoms with Gasteiger partial charge in [0.15, 0.2) is 11.4 Å². The summed E-state index contributed by atoms with van der Waals surface area (Å²) in [5.41, 5.74) is 1.26. The van der Waals surface area contributed by atoms with Crippen LogP contribution in [-0.2, 0) is 0 Å². The summed E-state index contributed by atoms with van der Waals surface area (Å²) in [5.74, 6) is -0.125.